The molecule has 0 unspecified atom stereocenters. The summed E-state index contributed by atoms with van der Waals surface area (Å²) in [5.74, 6) is -0.291. The fourth-order valence-electron chi connectivity index (χ4n) is 4.09. The van der Waals surface area contributed by atoms with Gasteiger partial charge >= 0.3 is 0 Å². The molecule has 0 spiro atoms. The molecule has 1 N–H and O–H groups in total. The smallest absolute Gasteiger partial charge is 0.224 e. The molecule has 0 aromatic heterocycles. The molecule has 2 aliphatic rings. The third kappa shape index (κ3) is 4.61. The topological polar surface area (TPSA) is 58.6 Å². The Morgan fingerprint density at radius 1 is 1.19 bits per heavy atom. The number of nitrogens with zero attached hydrogens (tertiary/aromatic N) is 1. The molecule has 0 radical (unpaired) electrons. The Hall–Kier alpha value is -1.95. The van der Waals surface area contributed by atoms with E-state index >= 15 is 0 Å². The van der Waals surface area contributed by atoms with Crippen LogP contribution in [0.1, 0.15) is 44.1 Å². The molecule has 1 saturated carbocycles. The van der Waals surface area contributed by atoms with Crippen molar-refractivity contribution in [3.8, 4) is 0 Å². The maximum absolute atomic E-state index is 13.2. The number of morpholine rings is 1. The first-order chi connectivity index (χ1) is 12.5. The summed E-state index contributed by atoms with van der Waals surface area (Å²) >= 11 is 0. The zero-order valence-electron chi connectivity index (χ0n) is 15.4. The number of halogens is 1. The first kappa shape index (κ1) is 18.8. The van der Waals surface area contributed by atoms with E-state index in [0.29, 0.717) is 50.4 Å². The van der Waals surface area contributed by atoms with Crippen LogP contribution in [0.3, 0.4) is 0 Å². The summed E-state index contributed by atoms with van der Waals surface area (Å²) in [5, 5.41) is 2.89. The normalized spacial score (nSPS) is 19.4. The van der Waals surface area contributed by atoms with Gasteiger partial charge in [0.15, 0.2) is 0 Å². The summed E-state index contributed by atoms with van der Waals surface area (Å²) in [6.07, 6.45) is 4.67. The van der Waals surface area contributed by atoms with E-state index in [1.54, 1.807) is 13.0 Å². The lowest BCUT2D eigenvalue weighted by Crippen LogP contribution is -2.43. The summed E-state index contributed by atoms with van der Waals surface area (Å²) < 4.78 is 18.5. The third-order valence-corrected chi connectivity index (χ3v) is 5.55. The lowest BCUT2D eigenvalue weighted by Gasteiger charge is -2.33. The molecule has 6 heteroatoms. The van der Waals surface area contributed by atoms with Crippen LogP contribution in [0.25, 0.3) is 0 Å². The minimum Gasteiger partial charge on any atom is -0.378 e. The molecule has 1 heterocycles. The van der Waals surface area contributed by atoms with Crippen molar-refractivity contribution in [3.63, 3.8) is 0 Å². The molecule has 5 nitrogen and oxygen atoms in total. The van der Waals surface area contributed by atoms with Crippen molar-refractivity contribution in [2.24, 2.45) is 5.41 Å². The predicted molar refractivity (Wildman–Crippen MR) is 97.3 cm³/mol. The highest BCUT2D eigenvalue weighted by Gasteiger charge is 2.39. The lowest BCUT2D eigenvalue weighted by atomic mass is 9.78. The van der Waals surface area contributed by atoms with E-state index in [-0.39, 0.29) is 23.0 Å². The highest BCUT2D eigenvalue weighted by Crippen LogP contribution is 2.44. The molecule has 2 amide bonds. The zero-order chi connectivity index (χ0) is 18.6. The van der Waals surface area contributed by atoms with Crippen LogP contribution in [-0.2, 0) is 14.3 Å². The highest BCUT2D eigenvalue weighted by atomic mass is 19.1. The molecular formula is C20H27FN2O3. The van der Waals surface area contributed by atoms with E-state index in [2.05, 4.69) is 5.32 Å². The van der Waals surface area contributed by atoms with Crippen molar-refractivity contribution in [3.05, 3.63) is 29.6 Å². The van der Waals surface area contributed by atoms with E-state index in [4.69, 9.17) is 4.74 Å². The number of nitrogens with one attached hydrogen (secondary N) is 1. The lowest BCUT2D eigenvalue weighted by molar-refractivity contribution is -0.138. The van der Waals surface area contributed by atoms with Crippen LogP contribution in [0, 0.1) is 18.2 Å². The highest BCUT2D eigenvalue weighted by molar-refractivity contribution is 5.92. The van der Waals surface area contributed by atoms with Crippen LogP contribution in [0.5, 0.6) is 0 Å². The summed E-state index contributed by atoms with van der Waals surface area (Å²) in [6, 6.07) is 4.33. The number of carbonyl (C=O) groups excluding carboxylic acids is 2. The molecule has 1 aliphatic heterocycles. The van der Waals surface area contributed by atoms with Gasteiger partial charge in [-0.05, 0) is 48.9 Å². The minimum absolute atomic E-state index is 0.101. The van der Waals surface area contributed by atoms with Gasteiger partial charge in [0.25, 0.3) is 0 Å². The van der Waals surface area contributed by atoms with E-state index in [0.717, 1.165) is 25.7 Å². The van der Waals surface area contributed by atoms with Crippen molar-refractivity contribution in [1.29, 1.82) is 0 Å². The van der Waals surface area contributed by atoms with Crippen LogP contribution in [0.15, 0.2) is 18.2 Å². The average molecular weight is 362 g/mol. The van der Waals surface area contributed by atoms with Gasteiger partial charge in [-0.25, -0.2) is 4.39 Å². The SMILES string of the molecule is Cc1cc(F)ccc1NC(=O)CC1(CC(=O)N2CCOCC2)CCCC1. The fraction of sp³-hybridized carbons (Fsp3) is 0.600. The predicted octanol–water partition coefficient (Wildman–Crippen LogP) is 3.27. The average Bonchev–Trinajstić information content (AvgIpc) is 3.06. The number of rotatable bonds is 5. The van der Waals surface area contributed by atoms with E-state index in [1.807, 2.05) is 4.90 Å². The van der Waals surface area contributed by atoms with Crippen molar-refractivity contribution in [2.45, 2.75) is 45.4 Å². The van der Waals surface area contributed by atoms with Gasteiger partial charge < -0.3 is 15.0 Å². The second-order valence-electron chi connectivity index (χ2n) is 7.56. The molecular weight excluding hydrogens is 335 g/mol. The molecule has 1 aromatic carbocycles. The molecule has 3 rings (SSSR count). The van der Waals surface area contributed by atoms with Gasteiger partial charge in [0.2, 0.25) is 11.8 Å². The van der Waals surface area contributed by atoms with Crippen molar-refractivity contribution < 1.29 is 18.7 Å². The quantitative estimate of drug-likeness (QED) is 0.875. The third-order valence-electron chi connectivity index (χ3n) is 5.55. The molecule has 1 saturated heterocycles. The maximum Gasteiger partial charge on any atom is 0.224 e. The fourth-order valence-corrected chi connectivity index (χ4v) is 4.09. The summed E-state index contributed by atoms with van der Waals surface area (Å²) in [6.45, 7) is 4.21. The standard InChI is InChI=1S/C20H27FN2O3/c1-15-12-16(21)4-5-17(15)22-18(24)13-20(6-2-3-7-20)14-19(25)23-8-10-26-11-9-23/h4-5,12H,2-3,6-11,13-14H2,1H3,(H,22,24). The Morgan fingerprint density at radius 3 is 2.54 bits per heavy atom. The number of aryl methyl sites for hydroxylation is 1. The minimum atomic E-state index is -0.316. The van der Waals surface area contributed by atoms with Gasteiger partial charge in [0.05, 0.1) is 13.2 Å². The van der Waals surface area contributed by atoms with Gasteiger partial charge in [-0.3, -0.25) is 9.59 Å². The van der Waals surface area contributed by atoms with Crippen molar-refractivity contribution in [2.75, 3.05) is 31.6 Å². The van der Waals surface area contributed by atoms with Crippen LogP contribution in [0.2, 0.25) is 0 Å². The molecule has 1 aromatic rings. The van der Waals surface area contributed by atoms with Crippen LogP contribution < -0.4 is 5.32 Å². The molecule has 0 atom stereocenters. The second kappa shape index (κ2) is 8.16. The molecule has 142 valence electrons. The Kier molecular flexibility index (Phi) is 5.91. The first-order valence-corrected chi connectivity index (χ1v) is 9.39. The number of hydrogen-bond donors (Lipinski definition) is 1. The van der Waals surface area contributed by atoms with Crippen molar-refractivity contribution in [1.82, 2.24) is 4.90 Å². The van der Waals surface area contributed by atoms with Gasteiger partial charge in [0.1, 0.15) is 5.82 Å². The Bertz CT molecular complexity index is 665. The summed E-state index contributed by atoms with van der Waals surface area (Å²) in [5.41, 5.74) is 1.07. The van der Waals surface area contributed by atoms with E-state index in [9.17, 15) is 14.0 Å². The molecule has 0 bridgehead atoms. The number of amides is 2. The maximum atomic E-state index is 13.2. The number of carbonyl (C=O) groups is 2. The largest absolute Gasteiger partial charge is 0.378 e. The first-order valence-electron chi connectivity index (χ1n) is 9.39. The van der Waals surface area contributed by atoms with Crippen LogP contribution >= 0.6 is 0 Å². The van der Waals surface area contributed by atoms with E-state index in [1.165, 1.54) is 12.1 Å². The summed E-state index contributed by atoms with van der Waals surface area (Å²) in [4.78, 5) is 27.2. The Balaban J connectivity index is 1.63. The number of hydrogen-bond acceptors (Lipinski definition) is 3. The van der Waals surface area contributed by atoms with Gasteiger partial charge in [-0.15, -0.1) is 0 Å². The second-order valence-corrected chi connectivity index (χ2v) is 7.56. The number of anilines is 1. The number of ether oxygens (including phenoxy) is 1. The van der Waals surface area contributed by atoms with Gasteiger partial charge in [0, 0.05) is 31.6 Å². The van der Waals surface area contributed by atoms with Crippen LogP contribution in [-0.4, -0.2) is 43.0 Å². The Morgan fingerprint density at radius 2 is 1.88 bits per heavy atom. The van der Waals surface area contributed by atoms with Crippen molar-refractivity contribution >= 4 is 17.5 Å². The number of benzene rings is 1. The van der Waals surface area contributed by atoms with Crippen LogP contribution in [0.4, 0.5) is 10.1 Å². The molecule has 26 heavy (non-hydrogen) atoms. The zero-order valence-corrected chi connectivity index (χ0v) is 15.4. The summed E-state index contributed by atoms with van der Waals surface area (Å²) in [7, 11) is 0. The Labute approximate surface area is 153 Å². The monoisotopic (exact) mass is 362 g/mol. The van der Waals surface area contributed by atoms with Gasteiger partial charge in [-0.2, -0.15) is 0 Å². The van der Waals surface area contributed by atoms with E-state index < -0.39 is 0 Å². The molecule has 2 fully saturated rings. The molecule has 1 aliphatic carbocycles. The van der Waals surface area contributed by atoms with Gasteiger partial charge in [-0.1, -0.05) is 12.8 Å².